The zero-order valence-electron chi connectivity index (χ0n) is 23.5. The van der Waals surface area contributed by atoms with Crippen molar-refractivity contribution >= 4 is 29.6 Å². The number of hydrogen-bond acceptors (Lipinski definition) is 8. The molecule has 0 aromatic rings. The zero-order valence-corrected chi connectivity index (χ0v) is 23.5. The maximum Gasteiger partial charge on any atom is 0.322 e. The van der Waals surface area contributed by atoms with Crippen LogP contribution < -0.4 is 32.7 Å². The van der Waals surface area contributed by atoms with E-state index in [1.54, 1.807) is 0 Å². The highest BCUT2D eigenvalue weighted by molar-refractivity contribution is 5.95. The number of nitrogens with one attached hydrogen (secondary N) is 4. The van der Waals surface area contributed by atoms with Crippen molar-refractivity contribution in [3.63, 3.8) is 0 Å². The lowest BCUT2D eigenvalue weighted by Gasteiger charge is -2.27. The summed E-state index contributed by atoms with van der Waals surface area (Å²) < 4.78 is 5.02. The molecule has 0 heterocycles. The molecule has 4 atom stereocenters. The summed E-state index contributed by atoms with van der Waals surface area (Å²) in [5.74, 6) is -3.38. The monoisotopic (exact) mass is 544 g/mol. The number of nitrogens with two attached hydrogens (primary N) is 2. The van der Waals surface area contributed by atoms with E-state index in [0.717, 1.165) is 0 Å². The molecule has 0 radical (unpaired) electrons. The van der Waals surface area contributed by atoms with Crippen molar-refractivity contribution in [2.24, 2.45) is 29.2 Å². The van der Waals surface area contributed by atoms with E-state index in [2.05, 4.69) is 21.3 Å². The molecule has 220 valence electrons. The molecule has 0 spiro atoms. The molecule has 9 N–H and O–H groups in total. The lowest BCUT2D eigenvalue weighted by Crippen LogP contribution is -2.58. The Morgan fingerprint density at radius 1 is 0.711 bits per heavy atom. The summed E-state index contributed by atoms with van der Waals surface area (Å²) in [6, 6.07) is -3.80. The average molecular weight is 545 g/mol. The highest BCUT2D eigenvalue weighted by Crippen LogP contribution is 2.11. The van der Waals surface area contributed by atoms with Crippen molar-refractivity contribution < 1.29 is 33.8 Å². The fraction of sp³-hybridized carbons (Fsp3) is 0.800. The van der Waals surface area contributed by atoms with Crippen LogP contribution >= 0.6 is 0 Å². The van der Waals surface area contributed by atoms with E-state index < -0.39 is 60.3 Å². The topological polar surface area (TPSA) is 215 Å². The predicted octanol–water partition coefficient (Wildman–Crippen LogP) is -0.570. The molecule has 0 rings (SSSR count). The van der Waals surface area contributed by atoms with Gasteiger partial charge in [0.2, 0.25) is 23.6 Å². The SMILES string of the molecule is CC(C)C[C@H](NC(=O)[C@H](CC(C)C)NC(=O)[C@H](CC(C)C)NC(=O)[C@@H](N)CCOCN)C(=O)NCC(=O)O. The molecular formula is C25H48N6O7. The Bertz CT molecular complexity index is 775. The number of rotatable bonds is 19. The van der Waals surface area contributed by atoms with Crippen LogP contribution in [0.1, 0.15) is 67.2 Å². The predicted molar refractivity (Wildman–Crippen MR) is 142 cm³/mol. The molecule has 0 bridgehead atoms. The summed E-state index contributed by atoms with van der Waals surface area (Å²) >= 11 is 0. The lowest BCUT2D eigenvalue weighted by atomic mass is 9.98. The number of aliphatic carboxylic acids is 1. The van der Waals surface area contributed by atoms with Crippen LogP contribution in [0.2, 0.25) is 0 Å². The largest absolute Gasteiger partial charge is 0.480 e. The van der Waals surface area contributed by atoms with Crippen LogP contribution in [-0.4, -0.2) is 78.8 Å². The summed E-state index contributed by atoms with van der Waals surface area (Å²) in [4.78, 5) is 62.4. The summed E-state index contributed by atoms with van der Waals surface area (Å²) in [5, 5.41) is 19.2. The number of carboxylic acid groups (broad SMARTS) is 1. The first-order valence-corrected chi connectivity index (χ1v) is 13.1. The molecule has 0 saturated carbocycles. The third-order valence-corrected chi connectivity index (χ3v) is 5.46. The molecule has 13 nitrogen and oxygen atoms in total. The standard InChI is InChI=1S/C25H48N6O7/c1-14(2)9-18(23(35)28-12-21(32)33)30-25(37)20(11-16(5)6)31-24(36)19(10-15(3)4)29-22(34)17(27)7-8-38-13-26/h14-20H,7-13,26-27H2,1-6H3,(H,28,35)(H,29,34)(H,30,37)(H,31,36)(H,32,33)/t17-,18-,19-,20-/m0/s1. The van der Waals surface area contributed by atoms with Crippen molar-refractivity contribution in [1.29, 1.82) is 0 Å². The van der Waals surface area contributed by atoms with Crippen molar-refractivity contribution in [1.82, 2.24) is 21.3 Å². The fourth-order valence-corrected chi connectivity index (χ4v) is 3.64. The summed E-state index contributed by atoms with van der Waals surface area (Å²) in [6.07, 6.45) is 1.09. The van der Waals surface area contributed by atoms with Gasteiger partial charge in [-0.3, -0.25) is 24.0 Å². The van der Waals surface area contributed by atoms with Gasteiger partial charge in [0.05, 0.1) is 19.4 Å². The van der Waals surface area contributed by atoms with Crippen LogP contribution in [-0.2, 0) is 28.7 Å². The van der Waals surface area contributed by atoms with Gasteiger partial charge in [0.15, 0.2) is 0 Å². The number of ether oxygens (including phenoxy) is 1. The second-order valence-electron chi connectivity index (χ2n) is 10.7. The summed E-state index contributed by atoms with van der Waals surface area (Å²) in [5.41, 5.74) is 11.2. The van der Waals surface area contributed by atoms with Crippen molar-refractivity contribution in [3.05, 3.63) is 0 Å². The van der Waals surface area contributed by atoms with Gasteiger partial charge in [0.1, 0.15) is 24.7 Å². The van der Waals surface area contributed by atoms with Crippen LogP contribution in [0.15, 0.2) is 0 Å². The maximum absolute atomic E-state index is 13.2. The number of carboxylic acids is 1. The molecule has 4 amide bonds. The Morgan fingerprint density at radius 3 is 1.47 bits per heavy atom. The molecule has 0 aliphatic rings. The first-order valence-electron chi connectivity index (χ1n) is 13.1. The van der Waals surface area contributed by atoms with Gasteiger partial charge in [-0.05, 0) is 43.4 Å². The minimum Gasteiger partial charge on any atom is -0.480 e. The first-order chi connectivity index (χ1) is 17.7. The molecule has 0 saturated heterocycles. The minimum absolute atomic E-state index is 0.00523. The van der Waals surface area contributed by atoms with E-state index in [9.17, 15) is 24.0 Å². The third-order valence-electron chi connectivity index (χ3n) is 5.46. The Hall–Kier alpha value is -2.77. The lowest BCUT2D eigenvalue weighted by molar-refractivity contribution is -0.138. The molecule has 0 aromatic heterocycles. The van der Waals surface area contributed by atoms with Crippen molar-refractivity contribution in [2.45, 2.75) is 91.4 Å². The van der Waals surface area contributed by atoms with Gasteiger partial charge >= 0.3 is 5.97 Å². The van der Waals surface area contributed by atoms with Crippen LogP contribution in [0.25, 0.3) is 0 Å². The van der Waals surface area contributed by atoms with Gasteiger partial charge < -0.3 is 42.6 Å². The van der Waals surface area contributed by atoms with E-state index >= 15 is 0 Å². The Labute approximate surface area is 225 Å². The van der Waals surface area contributed by atoms with Gasteiger partial charge in [-0.25, -0.2) is 0 Å². The Balaban J connectivity index is 5.60. The fourth-order valence-electron chi connectivity index (χ4n) is 3.64. The second-order valence-corrected chi connectivity index (χ2v) is 10.7. The van der Waals surface area contributed by atoms with E-state index in [0.29, 0.717) is 6.42 Å². The molecule has 0 unspecified atom stereocenters. The van der Waals surface area contributed by atoms with E-state index in [1.807, 2.05) is 41.5 Å². The number of amides is 4. The molecule has 13 heteroatoms. The highest BCUT2D eigenvalue weighted by atomic mass is 16.5. The third kappa shape index (κ3) is 15.5. The van der Waals surface area contributed by atoms with Crippen LogP contribution in [0, 0.1) is 17.8 Å². The smallest absolute Gasteiger partial charge is 0.322 e. The Morgan fingerprint density at radius 2 is 1.11 bits per heavy atom. The van der Waals surface area contributed by atoms with E-state index in [-0.39, 0.29) is 50.4 Å². The number of carbonyl (C=O) groups is 5. The zero-order chi connectivity index (χ0) is 29.4. The van der Waals surface area contributed by atoms with Gasteiger partial charge in [-0.1, -0.05) is 41.5 Å². The molecule has 0 aliphatic carbocycles. The average Bonchev–Trinajstić information content (AvgIpc) is 2.80. The highest BCUT2D eigenvalue weighted by Gasteiger charge is 2.31. The van der Waals surface area contributed by atoms with Gasteiger partial charge in [0, 0.05) is 0 Å². The minimum atomic E-state index is -1.21. The van der Waals surface area contributed by atoms with Crippen LogP contribution in [0.3, 0.4) is 0 Å². The van der Waals surface area contributed by atoms with Crippen molar-refractivity contribution in [3.8, 4) is 0 Å². The van der Waals surface area contributed by atoms with Gasteiger partial charge in [0.25, 0.3) is 0 Å². The summed E-state index contributed by atoms with van der Waals surface area (Å²) in [7, 11) is 0. The maximum atomic E-state index is 13.2. The quantitative estimate of drug-likeness (QED) is 0.0817. The summed E-state index contributed by atoms with van der Waals surface area (Å²) in [6.45, 7) is 10.9. The molecule has 0 aromatic carbocycles. The molecular weight excluding hydrogens is 496 g/mol. The van der Waals surface area contributed by atoms with Gasteiger partial charge in [-0.2, -0.15) is 0 Å². The molecule has 0 aliphatic heterocycles. The first kappa shape index (κ1) is 35.2. The Kier molecular flexibility index (Phi) is 17.1. The number of hydrogen-bond donors (Lipinski definition) is 7. The van der Waals surface area contributed by atoms with E-state index in [4.69, 9.17) is 21.3 Å². The van der Waals surface area contributed by atoms with Crippen molar-refractivity contribution in [2.75, 3.05) is 19.9 Å². The molecule has 0 fully saturated rings. The normalized spacial score (nSPS) is 14.5. The van der Waals surface area contributed by atoms with E-state index in [1.165, 1.54) is 0 Å². The van der Waals surface area contributed by atoms with Gasteiger partial charge in [-0.15, -0.1) is 0 Å². The molecule has 38 heavy (non-hydrogen) atoms. The second kappa shape index (κ2) is 18.5. The van der Waals surface area contributed by atoms with Crippen LogP contribution in [0.4, 0.5) is 0 Å². The number of carbonyl (C=O) groups excluding carboxylic acids is 4. The van der Waals surface area contributed by atoms with Crippen LogP contribution in [0.5, 0.6) is 0 Å².